The van der Waals surface area contributed by atoms with Gasteiger partial charge in [0, 0.05) is 30.9 Å². The first-order valence-corrected chi connectivity index (χ1v) is 12.6. The fourth-order valence-corrected chi connectivity index (χ4v) is 6.39. The Morgan fingerprint density at radius 3 is 2.59 bits per heavy atom. The highest BCUT2D eigenvalue weighted by molar-refractivity contribution is 7.89. The summed E-state index contributed by atoms with van der Waals surface area (Å²) in [4.78, 5) is 15.6. The summed E-state index contributed by atoms with van der Waals surface area (Å²) in [5.41, 5.74) is 0.750. The minimum Gasteiger partial charge on any atom is -0.332 e. The molecule has 0 aliphatic carbocycles. The Balaban J connectivity index is 1.36. The summed E-state index contributed by atoms with van der Waals surface area (Å²) in [5, 5.41) is 9.07. The van der Waals surface area contributed by atoms with Gasteiger partial charge in [-0.05, 0) is 62.1 Å². The van der Waals surface area contributed by atoms with Crippen LogP contribution in [0.15, 0.2) is 53.6 Å². The minimum absolute atomic E-state index is 0.00353. The van der Waals surface area contributed by atoms with Gasteiger partial charge in [0.15, 0.2) is 11.5 Å². The van der Waals surface area contributed by atoms with Crippen molar-refractivity contribution >= 4 is 33.2 Å². The number of benzene rings is 1. The maximum absolute atomic E-state index is 13.5. The van der Waals surface area contributed by atoms with Crippen LogP contribution in [-0.4, -0.2) is 57.8 Å². The van der Waals surface area contributed by atoms with E-state index in [-0.39, 0.29) is 29.3 Å². The molecule has 1 aromatic carbocycles. The summed E-state index contributed by atoms with van der Waals surface area (Å²) in [6.07, 6.45) is 4.94. The number of rotatable bonds is 4. The predicted octanol–water partition coefficient (Wildman–Crippen LogP) is 3.15. The number of aromatic nitrogens is 3. The van der Waals surface area contributed by atoms with Gasteiger partial charge < -0.3 is 4.90 Å². The molecular formula is C22H24ClN5O3S. The Bertz CT molecular complexity index is 1240. The second kappa shape index (κ2) is 8.46. The number of sulfonamides is 1. The van der Waals surface area contributed by atoms with Gasteiger partial charge in [-0.15, -0.1) is 10.2 Å². The summed E-state index contributed by atoms with van der Waals surface area (Å²) >= 11 is 5.91. The Kier molecular flexibility index (Phi) is 5.65. The summed E-state index contributed by atoms with van der Waals surface area (Å²) < 4.78 is 29.6. The quantitative estimate of drug-likeness (QED) is 0.580. The van der Waals surface area contributed by atoms with E-state index >= 15 is 0 Å². The monoisotopic (exact) mass is 473 g/mol. The molecule has 8 nitrogen and oxygen atoms in total. The molecule has 2 fully saturated rings. The van der Waals surface area contributed by atoms with Gasteiger partial charge in [-0.3, -0.25) is 9.20 Å². The molecule has 0 radical (unpaired) electrons. The summed E-state index contributed by atoms with van der Waals surface area (Å²) in [5.74, 6) is 0.384. The third-order valence-corrected chi connectivity index (χ3v) is 8.49. The molecule has 3 aromatic rings. The van der Waals surface area contributed by atoms with Crippen molar-refractivity contribution in [3.63, 3.8) is 0 Å². The first-order chi connectivity index (χ1) is 15.4. The minimum atomic E-state index is -3.68. The Labute approximate surface area is 191 Å². The lowest BCUT2D eigenvalue weighted by Crippen LogP contribution is -2.46. The molecule has 10 heteroatoms. The molecule has 32 heavy (non-hydrogen) atoms. The molecule has 2 aromatic heterocycles. The second-order valence-corrected chi connectivity index (χ2v) is 10.7. The van der Waals surface area contributed by atoms with Gasteiger partial charge in [0.2, 0.25) is 15.9 Å². The number of hydrogen-bond donors (Lipinski definition) is 0. The highest BCUT2D eigenvalue weighted by atomic mass is 35.5. The summed E-state index contributed by atoms with van der Waals surface area (Å²) in [6, 6.07) is 11.7. The number of halogens is 1. The molecule has 2 atom stereocenters. The number of fused-ring (bicyclic) bond motifs is 1. The van der Waals surface area contributed by atoms with Crippen LogP contribution < -0.4 is 0 Å². The van der Waals surface area contributed by atoms with E-state index in [9.17, 15) is 13.2 Å². The molecular weight excluding hydrogens is 450 g/mol. The Morgan fingerprint density at radius 1 is 1.00 bits per heavy atom. The number of pyridine rings is 1. The van der Waals surface area contributed by atoms with Gasteiger partial charge in [-0.1, -0.05) is 17.7 Å². The number of hydrogen-bond acceptors (Lipinski definition) is 5. The van der Waals surface area contributed by atoms with E-state index in [1.807, 2.05) is 33.7 Å². The molecule has 2 unspecified atom stereocenters. The van der Waals surface area contributed by atoms with Crippen molar-refractivity contribution < 1.29 is 13.2 Å². The highest BCUT2D eigenvalue weighted by Gasteiger charge is 2.40. The lowest BCUT2D eigenvalue weighted by Gasteiger charge is -2.34. The van der Waals surface area contributed by atoms with Gasteiger partial charge in [-0.2, -0.15) is 4.31 Å². The second-order valence-electron chi connectivity index (χ2n) is 8.33. The van der Waals surface area contributed by atoms with Crippen LogP contribution >= 0.6 is 11.6 Å². The molecule has 5 rings (SSSR count). The van der Waals surface area contributed by atoms with Gasteiger partial charge in [0.1, 0.15) is 0 Å². The van der Waals surface area contributed by atoms with E-state index < -0.39 is 10.0 Å². The van der Waals surface area contributed by atoms with Crippen molar-refractivity contribution in [2.45, 2.75) is 36.6 Å². The van der Waals surface area contributed by atoms with Crippen LogP contribution in [0.5, 0.6) is 0 Å². The number of likely N-dealkylation sites (tertiary alicyclic amines) is 1. The van der Waals surface area contributed by atoms with Gasteiger partial charge in [0.25, 0.3) is 0 Å². The van der Waals surface area contributed by atoms with Crippen molar-refractivity contribution in [3.05, 3.63) is 59.5 Å². The molecule has 0 spiro atoms. The first-order valence-electron chi connectivity index (χ1n) is 10.8. The van der Waals surface area contributed by atoms with Crippen LogP contribution in [-0.2, 0) is 14.8 Å². The maximum Gasteiger partial charge on any atom is 0.243 e. The molecule has 0 bridgehead atoms. The number of nitrogens with zero attached hydrogens (tertiary/aromatic N) is 5. The number of amides is 1. The zero-order valence-electron chi connectivity index (χ0n) is 17.5. The lowest BCUT2D eigenvalue weighted by atomic mass is 9.97. The molecule has 2 aliphatic heterocycles. The highest BCUT2D eigenvalue weighted by Crippen LogP contribution is 2.34. The maximum atomic E-state index is 13.5. The summed E-state index contributed by atoms with van der Waals surface area (Å²) in [7, 11) is -3.68. The topological polar surface area (TPSA) is 87.9 Å². The number of carbonyl (C=O) groups excluding carboxylic acids is 1. The fraction of sp³-hybridized carbons (Fsp3) is 0.409. The number of piperidine rings is 1. The van der Waals surface area contributed by atoms with E-state index in [1.54, 1.807) is 12.1 Å². The zero-order valence-corrected chi connectivity index (χ0v) is 19.0. The number of carbonyl (C=O) groups is 1. The molecule has 168 valence electrons. The molecule has 2 aliphatic rings. The molecule has 2 saturated heterocycles. The fourth-order valence-electron chi connectivity index (χ4n) is 4.74. The van der Waals surface area contributed by atoms with Crippen molar-refractivity contribution in [2.75, 3.05) is 19.6 Å². The Hall–Kier alpha value is -2.49. The van der Waals surface area contributed by atoms with Gasteiger partial charge in [-0.25, -0.2) is 8.42 Å². The lowest BCUT2D eigenvalue weighted by molar-refractivity contribution is -0.137. The standard InChI is InChI=1S/C22H24ClN5O3S/c23-17-8-10-18(11-9-17)32(30,31)26-12-3-5-16(15-26)22(29)27-14-4-6-19(27)21-25-24-20-7-1-2-13-28(20)21/h1-2,7-11,13,16,19H,3-6,12,14-15H2. The van der Waals surface area contributed by atoms with E-state index in [4.69, 9.17) is 11.6 Å². The zero-order chi connectivity index (χ0) is 22.3. The predicted molar refractivity (Wildman–Crippen MR) is 120 cm³/mol. The van der Waals surface area contributed by atoms with E-state index in [2.05, 4.69) is 10.2 Å². The van der Waals surface area contributed by atoms with Crippen LogP contribution in [0.25, 0.3) is 5.65 Å². The van der Waals surface area contributed by atoms with Crippen LogP contribution in [0.2, 0.25) is 5.02 Å². The van der Waals surface area contributed by atoms with Crippen molar-refractivity contribution in [1.82, 2.24) is 23.8 Å². The third-order valence-electron chi connectivity index (χ3n) is 6.36. The summed E-state index contributed by atoms with van der Waals surface area (Å²) in [6.45, 7) is 1.24. The molecule has 1 amide bonds. The smallest absolute Gasteiger partial charge is 0.243 e. The molecule has 4 heterocycles. The van der Waals surface area contributed by atoms with Crippen molar-refractivity contribution in [1.29, 1.82) is 0 Å². The SMILES string of the molecule is O=C(C1CCCN(S(=O)(=O)c2ccc(Cl)cc2)C1)N1CCCC1c1nnc2ccccn12. The molecule has 0 saturated carbocycles. The van der Waals surface area contributed by atoms with Crippen LogP contribution in [0.3, 0.4) is 0 Å². The first kappa shape index (κ1) is 21.4. The van der Waals surface area contributed by atoms with Gasteiger partial charge in [0.05, 0.1) is 16.9 Å². The van der Waals surface area contributed by atoms with E-state index in [0.29, 0.717) is 31.0 Å². The largest absolute Gasteiger partial charge is 0.332 e. The van der Waals surface area contributed by atoms with Gasteiger partial charge >= 0.3 is 0 Å². The van der Waals surface area contributed by atoms with Crippen LogP contribution in [0, 0.1) is 5.92 Å². The van der Waals surface area contributed by atoms with E-state index in [1.165, 1.54) is 16.4 Å². The van der Waals surface area contributed by atoms with Crippen molar-refractivity contribution in [3.8, 4) is 0 Å². The van der Waals surface area contributed by atoms with Crippen molar-refractivity contribution in [2.24, 2.45) is 5.92 Å². The van der Waals surface area contributed by atoms with Crippen LogP contribution in [0.1, 0.15) is 37.5 Å². The average molecular weight is 474 g/mol. The Morgan fingerprint density at radius 2 is 1.78 bits per heavy atom. The third kappa shape index (κ3) is 3.78. The average Bonchev–Trinajstić information content (AvgIpc) is 3.46. The van der Waals surface area contributed by atoms with E-state index in [0.717, 1.165) is 24.3 Å². The normalized spacial score (nSPS) is 22.5. The molecule has 0 N–H and O–H groups in total. The van der Waals surface area contributed by atoms with Crippen LogP contribution in [0.4, 0.5) is 0 Å².